The summed E-state index contributed by atoms with van der Waals surface area (Å²) in [6.07, 6.45) is 0.240. The van der Waals surface area contributed by atoms with Crippen molar-refractivity contribution >= 4 is 34.3 Å². The van der Waals surface area contributed by atoms with Crippen molar-refractivity contribution in [1.82, 2.24) is 29.9 Å². The number of carbonyl (C=O) groups is 3. The minimum atomic E-state index is -2.65. The quantitative estimate of drug-likeness (QED) is 0.174. The predicted molar refractivity (Wildman–Crippen MR) is 209 cm³/mol. The van der Waals surface area contributed by atoms with Gasteiger partial charge >= 0.3 is 0 Å². The third kappa shape index (κ3) is 6.47. The number of hydrogen-bond acceptors (Lipinski definition) is 7. The zero-order valence-electron chi connectivity index (χ0n) is 32.5. The molecule has 3 amide bonds. The number of piperidine rings is 2. The standard InChI is InChI=1S/C44H47F4N7O3/c1-24-12-33-31-4-2-3-5-36(31)49-41(33)42(54(24)23-38(47)48)40-34(45)15-29(16-35(40)46)52-10-8-25(9-11-52)17-51-21-30(22-51)53-18-26-13-28-20-55(37-6-7-39(56)50-43(37)57)44(58)32(28)14-27(26)19-53/h2-5,13-16,24-25,30,37-38,42,49H,6-12,17-23H2,1H3,(H,50,56,57)/t24-,37?,42-/m1/s1. The highest BCUT2D eigenvalue weighted by atomic mass is 19.3. The normalized spacial score (nSPS) is 24.8. The maximum absolute atomic E-state index is 16.2. The highest BCUT2D eigenvalue weighted by Gasteiger charge is 2.43. The maximum Gasteiger partial charge on any atom is 0.255 e. The van der Waals surface area contributed by atoms with Crippen molar-refractivity contribution in [2.24, 2.45) is 5.92 Å². The van der Waals surface area contributed by atoms with Crippen molar-refractivity contribution < 1.29 is 31.9 Å². The van der Waals surface area contributed by atoms with Crippen molar-refractivity contribution in [3.05, 3.63) is 99.2 Å². The fourth-order valence-electron chi connectivity index (χ4n) is 10.7. The van der Waals surface area contributed by atoms with E-state index >= 15 is 8.78 Å². The molecule has 4 aromatic rings. The second-order valence-electron chi connectivity index (χ2n) is 17.3. The fourth-order valence-corrected chi connectivity index (χ4v) is 10.7. The number of H-pyrrole nitrogens is 1. The molecule has 3 atom stereocenters. The van der Waals surface area contributed by atoms with E-state index in [4.69, 9.17) is 0 Å². The van der Waals surface area contributed by atoms with E-state index < -0.39 is 42.6 Å². The highest BCUT2D eigenvalue weighted by Crippen LogP contribution is 2.44. The first-order valence-electron chi connectivity index (χ1n) is 20.6. The van der Waals surface area contributed by atoms with Crippen LogP contribution in [0.25, 0.3) is 10.9 Å². The van der Waals surface area contributed by atoms with Gasteiger partial charge in [-0.3, -0.25) is 34.4 Å². The van der Waals surface area contributed by atoms with Gasteiger partial charge in [0, 0.05) is 104 Å². The second-order valence-corrected chi connectivity index (χ2v) is 17.3. The van der Waals surface area contributed by atoms with Crippen LogP contribution in [-0.4, -0.2) is 106 Å². The number of imide groups is 1. The lowest BCUT2D eigenvalue weighted by atomic mass is 9.88. The number of para-hydroxylation sites is 1. The maximum atomic E-state index is 16.2. The summed E-state index contributed by atoms with van der Waals surface area (Å²) >= 11 is 0. The van der Waals surface area contributed by atoms with Gasteiger partial charge in [-0.2, -0.15) is 0 Å². The molecule has 3 saturated heterocycles. The van der Waals surface area contributed by atoms with Gasteiger partial charge in [0.25, 0.3) is 12.3 Å². The van der Waals surface area contributed by atoms with Gasteiger partial charge < -0.3 is 14.8 Å². The van der Waals surface area contributed by atoms with E-state index in [1.807, 2.05) is 42.2 Å². The van der Waals surface area contributed by atoms with Crippen LogP contribution in [0, 0.1) is 17.6 Å². The molecular formula is C44H47F4N7O3. The number of aromatic nitrogens is 1. The van der Waals surface area contributed by atoms with Crippen molar-refractivity contribution in [2.75, 3.05) is 44.2 Å². The van der Waals surface area contributed by atoms with Gasteiger partial charge in [0.1, 0.15) is 17.7 Å². The first-order chi connectivity index (χ1) is 28.0. The zero-order chi connectivity index (χ0) is 40.0. The molecule has 10 nitrogen and oxygen atoms in total. The lowest BCUT2D eigenvalue weighted by molar-refractivity contribution is -0.136. The van der Waals surface area contributed by atoms with Crippen LogP contribution in [0.5, 0.6) is 0 Å². The van der Waals surface area contributed by atoms with Gasteiger partial charge in [-0.25, -0.2) is 17.6 Å². The summed E-state index contributed by atoms with van der Waals surface area (Å²) in [5.41, 5.74) is 6.59. The minimum Gasteiger partial charge on any atom is -0.371 e. The molecule has 3 aromatic carbocycles. The van der Waals surface area contributed by atoms with Gasteiger partial charge in [0.05, 0.1) is 12.6 Å². The van der Waals surface area contributed by atoms with Gasteiger partial charge in [0.2, 0.25) is 11.8 Å². The number of nitrogens with zero attached hydrogens (tertiary/aromatic N) is 5. The largest absolute Gasteiger partial charge is 0.371 e. The first kappa shape index (κ1) is 37.5. The number of fused-ring (bicyclic) bond motifs is 5. The number of anilines is 1. The van der Waals surface area contributed by atoms with E-state index in [0.29, 0.717) is 61.4 Å². The third-order valence-electron chi connectivity index (χ3n) is 13.7. The topological polar surface area (TPSA) is 95.2 Å². The summed E-state index contributed by atoms with van der Waals surface area (Å²) in [5, 5.41) is 3.32. The number of likely N-dealkylation sites (tertiary alicyclic amines) is 1. The molecule has 1 aromatic heterocycles. The Morgan fingerprint density at radius 1 is 0.879 bits per heavy atom. The van der Waals surface area contributed by atoms with Crippen LogP contribution >= 0.6 is 0 Å². The van der Waals surface area contributed by atoms with E-state index in [2.05, 4.69) is 26.2 Å². The number of aromatic amines is 1. The summed E-state index contributed by atoms with van der Waals surface area (Å²) in [6, 6.07) is 13.0. The van der Waals surface area contributed by atoms with Crippen LogP contribution < -0.4 is 10.2 Å². The van der Waals surface area contributed by atoms with Gasteiger partial charge in [-0.15, -0.1) is 0 Å². The van der Waals surface area contributed by atoms with E-state index in [-0.39, 0.29) is 29.8 Å². The van der Waals surface area contributed by atoms with Crippen molar-refractivity contribution in [1.29, 1.82) is 0 Å². The molecule has 58 heavy (non-hydrogen) atoms. The molecule has 0 aliphatic carbocycles. The van der Waals surface area contributed by atoms with Crippen LogP contribution in [0.2, 0.25) is 0 Å². The highest BCUT2D eigenvalue weighted by molar-refractivity contribution is 6.05. The molecule has 14 heteroatoms. The Labute approximate surface area is 334 Å². The molecule has 6 aliphatic rings. The SMILES string of the molecule is C[C@@H]1Cc2c([nH]c3ccccc23)[C@@H](c2c(F)cc(N3CCC(CN4CC(N5Cc6cc7c(cc6C5)C(=O)N(C5CCC(=O)NC5=O)C7)C4)CC3)cc2F)N1CC(F)F. The lowest BCUT2D eigenvalue weighted by Gasteiger charge is -2.46. The third-order valence-corrected chi connectivity index (χ3v) is 13.7. The number of carbonyl (C=O) groups excluding carboxylic acids is 3. The molecule has 0 spiro atoms. The van der Waals surface area contributed by atoms with Crippen LogP contribution in [0.15, 0.2) is 48.5 Å². The number of amides is 3. The van der Waals surface area contributed by atoms with Crippen LogP contribution in [0.1, 0.15) is 82.5 Å². The molecule has 0 radical (unpaired) electrons. The molecule has 3 fully saturated rings. The molecule has 2 N–H and O–H groups in total. The predicted octanol–water partition coefficient (Wildman–Crippen LogP) is 5.72. The Bertz CT molecular complexity index is 2300. The Morgan fingerprint density at radius 2 is 1.60 bits per heavy atom. The number of benzene rings is 3. The Kier molecular flexibility index (Phi) is 9.36. The number of alkyl halides is 2. The fraction of sp³-hybridized carbons (Fsp3) is 0.477. The smallest absolute Gasteiger partial charge is 0.255 e. The molecule has 0 bridgehead atoms. The van der Waals surface area contributed by atoms with Crippen LogP contribution in [0.3, 0.4) is 0 Å². The second kappa shape index (κ2) is 14.5. The Morgan fingerprint density at radius 3 is 2.33 bits per heavy atom. The number of halogens is 4. The minimum absolute atomic E-state index is 0.142. The summed E-state index contributed by atoms with van der Waals surface area (Å²) in [7, 11) is 0. The summed E-state index contributed by atoms with van der Waals surface area (Å²) in [6.45, 7) is 7.50. The molecule has 1 unspecified atom stereocenters. The molecule has 0 saturated carbocycles. The van der Waals surface area contributed by atoms with E-state index in [1.54, 1.807) is 4.90 Å². The Hall–Kier alpha value is -4.79. The molecular weight excluding hydrogens is 751 g/mol. The van der Waals surface area contributed by atoms with Gasteiger partial charge in [-0.1, -0.05) is 24.3 Å². The average molecular weight is 798 g/mol. The molecule has 7 heterocycles. The molecule has 10 rings (SSSR count). The van der Waals surface area contributed by atoms with E-state index in [9.17, 15) is 23.2 Å². The summed E-state index contributed by atoms with van der Waals surface area (Å²) < 4.78 is 60.3. The van der Waals surface area contributed by atoms with Gasteiger partial charge in [-0.05, 0) is 85.0 Å². The lowest BCUT2D eigenvalue weighted by Crippen LogP contribution is -2.59. The molecule has 6 aliphatic heterocycles. The number of hydrogen-bond donors (Lipinski definition) is 2. The van der Waals surface area contributed by atoms with E-state index in [0.717, 1.165) is 73.2 Å². The first-order valence-corrected chi connectivity index (χ1v) is 20.6. The number of rotatable bonds is 8. The average Bonchev–Trinajstić information content (AvgIpc) is 3.85. The molecule has 304 valence electrons. The number of nitrogens with one attached hydrogen (secondary N) is 2. The summed E-state index contributed by atoms with van der Waals surface area (Å²) in [5.74, 6) is -1.81. The van der Waals surface area contributed by atoms with Crippen LogP contribution in [0.4, 0.5) is 23.2 Å². The summed E-state index contributed by atoms with van der Waals surface area (Å²) in [4.78, 5) is 50.9. The zero-order valence-corrected chi connectivity index (χ0v) is 32.5. The van der Waals surface area contributed by atoms with Gasteiger partial charge in [0.15, 0.2) is 0 Å². The van der Waals surface area contributed by atoms with Crippen molar-refractivity contribution in [3.63, 3.8) is 0 Å². The van der Waals surface area contributed by atoms with Crippen molar-refractivity contribution in [2.45, 2.75) is 89.3 Å². The van der Waals surface area contributed by atoms with Crippen molar-refractivity contribution in [3.8, 4) is 0 Å². The monoisotopic (exact) mass is 797 g/mol. The Balaban J connectivity index is 0.746. The van der Waals surface area contributed by atoms with E-state index in [1.165, 1.54) is 22.6 Å². The van der Waals surface area contributed by atoms with Crippen LogP contribution in [-0.2, 0) is 35.6 Å².